The fraction of sp³-hybridized carbons (Fsp3) is 0. The number of benzene rings is 8. The first-order valence-corrected chi connectivity index (χ1v) is 27.1. The van der Waals surface area contributed by atoms with Crippen molar-refractivity contribution in [2.45, 2.75) is 0 Å². The Labute approximate surface area is 569 Å². The Morgan fingerprint density at radius 3 is 0.337 bits per heavy atom. The zero-order chi connectivity index (χ0) is 61.5. The van der Waals surface area contributed by atoms with E-state index in [1.807, 2.05) is 146 Å². The molecular formula is C72H48Co4N8O8. The molecule has 8 heterocycles. The number of aromatic nitrogens is 8. The van der Waals surface area contributed by atoms with Crippen molar-refractivity contribution < 1.29 is 108 Å². The van der Waals surface area contributed by atoms with Crippen LogP contribution in [0.3, 0.4) is 0 Å². The fourth-order valence-corrected chi connectivity index (χ4v) is 8.61. The molecule has 0 amide bonds. The van der Waals surface area contributed by atoms with Crippen molar-refractivity contribution in [1.29, 1.82) is 0 Å². The summed E-state index contributed by atoms with van der Waals surface area (Å²) in [6.07, 6.45) is 13.0. The Bertz CT molecular complexity index is 3980. The second-order valence-electron chi connectivity index (χ2n) is 18.7. The monoisotopic (exact) mass is 1390 g/mol. The van der Waals surface area contributed by atoms with Crippen LogP contribution >= 0.6 is 0 Å². The molecule has 460 valence electrons. The van der Waals surface area contributed by atoms with Gasteiger partial charge >= 0.3 is 67.1 Å². The first-order valence-electron chi connectivity index (χ1n) is 27.1. The van der Waals surface area contributed by atoms with E-state index in [2.05, 4.69) is 39.9 Å². The molecular weight excluding hydrogens is 1340 g/mol. The zero-order valence-corrected chi connectivity index (χ0v) is 52.1. The minimum Gasteiger partial charge on any atom is -0.871 e. The second-order valence-corrected chi connectivity index (χ2v) is 18.7. The zero-order valence-electron chi connectivity index (χ0n) is 47.9. The van der Waals surface area contributed by atoms with Gasteiger partial charge in [-0.2, -0.15) is 0 Å². The molecule has 0 N–H and O–H groups in total. The number of hydrogen-bond acceptors (Lipinski definition) is 16. The summed E-state index contributed by atoms with van der Waals surface area (Å²) in [5, 5.41) is 96.2. The molecule has 16 nitrogen and oxygen atoms in total. The molecule has 0 saturated heterocycles. The van der Waals surface area contributed by atoms with Crippen molar-refractivity contribution in [2.24, 2.45) is 0 Å². The first kappa shape index (κ1) is 72.2. The van der Waals surface area contributed by atoms with Gasteiger partial charge in [0.15, 0.2) is 0 Å². The van der Waals surface area contributed by atoms with Crippen molar-refractivity contribution in [3.8, 4) is 46.0 Å². The van der Waals surface area contributed by atoms with Gasteiger partial charge in [0.05, 0.1) is 44.1 Å². The maximum absolute atomic E-state index is 11.1. The van der Waals surface area contributed by atoms with Gasteiger partial charge in [-0.1, -0.05) is 240 Å². The van der Waals surface area contributed by atoms with Gasteiger partial charge in [-0.3, -0.25) is 39.9 Å². The Kier molecular flexibility index (Phi) is 28.9. The fourth-order valence-electron chi connectivity index (χ4n) is 8.61. The van der Waals surface area contributed by atoms with E-state index < -0.39 is 0 Å². The van der Waals surface area contributed by atoms with Crippen molar-refractivity contribution in [2.75, 3.05) is 0 Å². The van der Waals surface area contributed by atoms with Crippen LogP contribution in [0.5, 0.6) is 46.0 Å². The SMILES string of the molecule is [Co+2].[Co+2].[Co+2].[Co+2].[O-]c1cccc2cccnc12.[O-]c1cccc2cccnc12.[O-]c1cccc2cccnc12.[O-]c1cccc2cccnc12.[O-]c1cccc2cccnc12.[O-]c1cccc2cccnc12.[O-]c1cccc2cccnc12.[O-]c1cccc2cccnc12. The third-order valence-corrected chi connectivity index (χ3v) is 12.8. The van der Waals surface area contributed by atoms with Crippen LogP contribution in [0.2, 0.25) is 0 Å². The van der Waals surface area contributed by atoms with Gasteiger partial charge in [-0.15, -0.1) is 0 Å². The Morgan fingerprint density at radius 1 is 0.141 bits per heavy atom. The third kappa shape index (κ3) is 19.7. The van der Waals surface area contributed by atoms with Crippen LogP contribution in [0.1, 0.15) is 0 Å². The van der Waals surface area contributed by atoms with Crippen LogP contribution in [0.25, 0.3) is 87.2 Å². The molecule has 16 rings (SSSR count). The predicted molar refractivity (Wildman–Crippen MR) is 330 cm³/mol. The largest absolute Gasteiger partial charge is 2.00 e. The molecule has 0 aliphatic carbocycles. The summed E-state index contributed by atoms with van der Waals surface area (Å²) in [5.41, 5.74) is 4.41. The molecule has 8 aromatic heterocycles. The number of pyridine rings is 8. The van der Waals surface area contributed by atoms with Gasteiger partial charge in [-0.05, 0) is 91.6 Å². The minimum atomic E-state index is -0.0110. The van der Waals surface area contributed by atoms with E-state index in [4.69, 9.17) is 0 Å². The van der Waals surface area contributed by atoms with Crippen molar-refractivity contribution >= 4 is 87.2 Å². The number of para-hydroxylation sites is 8. The quantitative estimate of drug-likeness (QED) is 0.136. The van der Waals surface area contributed by atoms with Gasteiger partial charge in [-0.25, -0.2) is 0 Å². The number of nitrogens with zero attached hydrogens (tertiary/aromatic N) is 8. The van der Waals surface area contributed by atoms with E-state index in [0.717, 1.165) is 43.1 Å². The van der Waals surface area contributed by atoms with Crippen molar-refractivity contribution in [1.82, 2.24) is 39.9 Å². The second kappa shape index (κ2) is 36.8. The minimum absolute atomic E-state index is 0. The van der Waals surface area contributed by atoms with Crippen LogP contribution in [0.15, 0.2) is 292 Å². The third-order valence-electron chi connectivity index (χ3n) is 12.8. The topological polar surface area (TPSA) is 288 Å². The average molecular weight is 1390 g/mol. The van der Waals surface area contributed by atoms with Gasteiger partial charge in [0.25, 0.3) is 0 Å². The molecule has 0 atom stereocenters. The Hall–Kier alpha value is -10.5. The smallest absolute Gasteiger partial charge is 0.871 e. The van der Waals surface area contributed by atoms with Crippen molar-refractivity contribution in [3.05, 3.63) is 292 Å². The van der Waals surface area contributed by atoms with Crippen LogP contribution in [-0.4, -0.2) is 39.9 Å². The van der Waals surface area contributed by atoms with E-state index in [0.29, 0.717) is 44.1 Å². The standard InChI is InChI=1S/8C9H7NO.4Co/c8*11-8-5-1-3-7-4-2-6-10-9(7)8;;;;/h8*1-6,11H;;;;/q;;;;;;;;4*+2/p-8. The molecule has 8 aromatic carbocycles. The summed E-state index contributed by atoms with van der Waals surface area (Å²) >= 11 is 0. The molecule has 16 aromatic rings. The summed E-state index contributed by atoms with van der Waals surface area (Å²) in [7, 11) is 0. The molecule has 0 fully saturated rings. The van der Waals surface area contributed by atoms with E-state index in [1.165, 1.54) is 48.5 Å². The van der Waals surface area contributed by atoms with Gasteiger partial charge in [0.2, 0.25) is 0 Å². The van der Waals surface area contributed by atoms with Gasteiger partial charge in [0, 0.05) is 49.6 Å². The van der Waals surface area contributed by atoms with E-state index in [-0.39, 0.29) is 113 Å². The van der Waals surface area contributed by atoms with Crippen LogP contribution < -0.4 is 40.9 Å². The maximum atomic E-state index is 11.1. The summed E-state index contributed by atoms with van der Waals surface area (Å²) in [6.45, 7) is 0. The Balaban J connectivity index is 0.000000190. The van der Waals surface area contributed by atoms with E-state index in [1.54, 1.807) is 98.1 Å². The van der Waals surface area contributed by atoms with E-state index >= 15 is 0 Å². The summed E-state index contributed by atoms with van der Waals surface area (Å²) in [4.78, 5) is 31.7. The average Bonchev–Trinajstić information content (AvgIpc) is 2.67. The summed E-state index contributed by atoms with van der Waals surface area (Å²) in [5.74, 6) is -0.0881. The van der Waals surface area contributed by atoms with E-state index in [9.17, 15) is 40.9 Å². The van der Waals surface area contributed by atoms with Crippen LogP contribution in [-0.2, 0) is 67.1 Å². The molecule has 0 spiro atoms. The number of rotatable bonds is 0. The first-order chi connectivity index (χ1) is 43.0. The molecule has 0 unspecified atom stereocenters. The van der Waals surface area contributed by atoms with Gasteiger partial charge in [0.1, 0.15) is 0 Å². The van der Waals surface area contributed by atoms with Crippen LogP contribution in [0, 0.1) is 0 Å². The predicted octanol–water partition coefficient (Wildman–Crippen LogP) is 10.5. The van der Waals surface area contributed by atoms with Gasteiger partial charge < -0.3 is 40.9 Å². The summed E-state index contributed by atoms with van der Waals surface area (Å²) < 4.78 is 0. The molecule has 0 aliphatic heterocycles. The number of hydrogen-bond donors (Lipinski definition) is 0. The Morgan fingerprint density at radius 2 is 0.239 bits per heavy atom. The molecule has 4 radical (unpaired) electrons. The molecule has 0 saturated carbocycles. The summed E-state index contributed by atoms with van der Waals surface area (Å²) in [6, 6.07) is 70.8. The van der Waals surface area contributed by atoms with Crippen LogP contribution in [0.4, 0.5) is 0 Å². The molecule has 20 heteroatoms. The normalized spacial score (nSPS) is 9.74. The van der Waals surface area contributed by atoms with Crippen molar-refractivity contribution in [3.63, 3.8) is 0 Å². The number of fused-ring (bicyclic) bond motifs is 8. The maximum Gasteiger partial charge on any atom is 2.00 e. The molecule has 0 aliphatic rings. The molecule has 92 heavy (non-hydrogen) atoms. The molecule has 0 bridgehead atoms.